The topological polar surface area (TPSA) is 86.5 Å². The quantitative estimate of drug-likeness (QED) is 0.282. The SMILES string of the molecule is Cc1cc(C)n2nc(CC3C(=O)CC(CCCCC4CCCCC4)(C4CCCC4)OC3=O)nc2n1. The van der Waals surface area contributed by atoms with E-state index in [1.807, 2.05) is 19.9 Å². The molecule has 3 aliphatic rings. The highest BCUT2D eigenvalue weighted by atomic mass is 16.6. The molecule has 0 radical (unpaired) electrons. The summed E-state index contributed by atoms with van der Waals surface area (Å²) in [4.78, 5) is 35.6. The van der Waals surface area contributed by atoms with Crippen molar-refractivity contribution < 1.29 is 14.3 Å². The summed E-state index contributed by atoms with van der Waals surface area (Å²) in [6.45, 7) is 3.87. The molecule has 1 saturated heterocycles. The number of carbonyl (C=O) groups is 2. The number of esters is 1. The standard InChI is InChI=1S/C28H40N4O3/c1-19-16-20(2)32-27(29-19)30-25(31-32)17-23-24(33)18-28(35-26(23)34,22-13-6-7-14-22)15-9-8-12-21-10-4-3-5-11-21/h16,21-23H,3-15,17-18H2,1-2H3. The Labute approximate surface area is 208 Å². The average Bonchev–Trinajstić information content (AvgIpc) is 3.51. The highest BCUT2D eigenvalue weighted by Gasteiger charge is 2.51. The molecule has 1 aliphatic heterocycles. The van der Waals surface area contributed by atoms with Crippen molar-refractivity contribution in [3.05, 3.63) is 23.3 Å². The molecule has 5 rings (SSSR count). The minimum absolute atomic E-state index is 0.000137. The molecular weight excluding hydrogens is 440 g/mol. The first-order valence-corrected chi connectivity index (χ1v) is 13.9. The lowest BCUT2D eigenvalue weighted by Crippen LogP contribution is -2.52. The van der Waals surface area contributed by atoms with Crippen molar-refractivity contribution in [2.75, 3.05) is 0 Å². The zero-order chi connectivity index (χ0) is 24.4. The van der Waals surface area contributed by atoms with Gasteiger partial charge in [-0.1, -0.05) is 57.8 Å². The van der Waals surface area contributed by atoms with Crippen LogP contribution < -0.4 is 0 Å². The van der Waals surface area contributed by atoms with Crippen LogP contribution in [-0.4, -0.2) is 36.9 Å². The van der Waals surface area contributed by atoms with E-state index in [9.17, 15) is 9.59 Å². The summed E-state index contributed by atoms with van der Waals surface area (Å²) in [5.41, 5.74) is 1.19. The largest absolute Gasteiger partial charge is 0.458 e. The van der Waals surface area contributed by atoms with Crippen LogP contribution in [-0.2, 0) is 20.7 Å². The molecule has 2 unspecified atom stereocenters. The minimum atomic E-state index is -0.814. The lowest BCUT2D eigenvalue weighted by molar-refractivity contribution is -0.186. The van der Waals surface area contributed by atoms with Crippen molar-refractivity contribution in [3.8, 4) is 0 Å². The van der Waals surface area contributed by atoms with E-state index >= 15 is 0 Å². The number of rotatable bonds is 8. The Balaban J connectivity index is 1.26. The maximum absolute atomic E-state index is 13.4. The number of cyclic esters (lactones) is 1. The predicted octanol–water partition coefficient (Wildman–Crippen LogP) is 5.49. The summed E-state index contributed by atoms with van der Waals surface area (Å²) in [7, 11) is 0. The van der Waals surface area contributed by atoms with Gasteiger partial charge in [0.25, 0.3) is 5.78 Å². The molecule has 7 heteroatoms. The van der Waals surface area contributed by atoms with Gasteiger partial charge in [-0.05, 0) is 57.4 Å². The summed E-state index contributed by atoms with van der Waals surface area (Å²) in [6.07, 6.45) is 16.2. The van der Waals surface area contributed by atoms with Crippen LogP contribution in [0.25, 0.3) is 5.78 Å². The summed E-state index contributed by atoms with van der Waals surface area (Å²) >= 11 is 0. The first kappa shape index (κ1) is 24.4. The lowest BCUT2D eigenvalue weighted by atomic mass is 9.73. The fourth-order valence-corrected chi connectivity index (χ4v) is 6.89. The predicted molar refractivity (Wildman–Crippen MR) is 133 cm³/mol. The van der Waals surface area contributed by atoms with Crippen molar-refractivity contribution in [2.24, 2.45) is 17.8 Å². The molecule has 0 spiro atoms. The number of ketones is 1. The molecule has 0 bridgehead atoms. The smallest absolute Gasteiger partial charge is 0.317 e. The van der Waals surface area contributed by atoms with Gasteiger partial charge >= 0.3 is 5.97 Å². The normalized spacial score (nSPS) is 26.5. The number of aryl methyl sites for hydroxylation is 2. The van der Waals surface area contributed by atoms with Crippen LogP contribution in [0, 0.1) is 31.6 Å². The summed E-state index contributed by atoms with van der Waals surface area (Å²) in [5.74, 6) is 0.973. The third-order valence-corrected chi connectivity index (χ3v) is 8.79. The van der Waals surface area contributed by atoms with Crippen LogP contribution in [0.2, 0.25) is 0 Å². The summed E-state index contributed by atoms with van der Waals surface area (Å²) in [6, 6.07) is 1.94. The van der Waals surface area contributed by atoms with Gasteiger partial charge in [0.05, 0.1) is 0 Å². The highest BCUT2D eigenvalue weighted by molar-refractivity contribution is 6.01. The third kappa shape index (κ3) is 5.29. The second kappa shape index (κ2) is 10.4. The van der Waals surface area contributed by atoms with Crippen molar-refractivity contribution in [1.82, 2.24) is 19.6 Å². The van der Waals surface area contributed by atoms with E-state index in [0.29, 0.717) is 23.9 Å². The Kier molecular flexibility index (Phi) is 7.21. The monoisotopic (exact) mass is 480 g/mol. The minimum Gasteiger partial charge on any atom is -0.458 e. The molecule has 0 N–H and O–H groups in total. The maximum Gasteiger partial charge on any atom is 0.317 e. The molecule has 3 fully saturated rings. The molecule has 2 aromatic rings. The van der Waals surface area contributed by atoms with Gasteiger partial charge in [-0.3, -0.25) is 9.59 Å². The van der Waals surface area contributed by atoms with E-state index in [4.69, 9.17) is 4.74 Å². The fraction of sp³-hybridized carbons (Fsp3) is 0.750. The van der Waals surface area contributed by atoms with Crippen molar-refractivity contribution in [3.63, 3.8) is 0 Å². The number of Topliss-reactive ketones (excluding diaryl/α,β-unsaturated/α-hetero) is 1. The van der Waals surface area contributed by atoms with Gasteiger partial charge in [-0.25, -0.2) is 9.50 Å². The molecule has 0 amide bonds. The van der Waals surface area contributed by atoms with E-state index in [2.05, 4.69) is 15.1 Å². The second-order valence-electron chi connectivity index (χ2n) is 11.4. The average molecular weight is 481 g/mol. The van der Waals surface area contributed by atoms with Crippen LogP contribution in [0.1, 0.15) is 107 Å². The van der Waals surface area contributed by atoms with Gasteiger partial charge < -0.3 is 4.74 Å². The number of hydrogen-bond acceptors (Lipinski definition) is 6. The van der Waals surface area contributed by atoms with Crippen molar-refractivity contribution >= 4 is 17.5 Å². The maximum atomic E-state index is 13.4. The van der Waals surface area contributed by atoms with Crippen molar-refractivity contribution in [2.45, 2.75) is 116 Å². The van der Waals surface area contributed by atoms with Crippen LogP contribution in [0.5, 0.6) is 0 Å². The first-order valence-electron chi connectivity index (χ1n) is 13.9. The number of ether oxygens (including phenoxy) is 1. The third-order valence-electron chi connectivity index (χ3n) is 8.79. The molecule has 3 heterocycles. The number of carbonyl (C=O) groups excluding carboxylic acids is 2. The Morgan fingerprint density at radius 2 is 1.74 bits per heavy atom. The van der Waals surface area contributed by atoms with Crippen LogP contribution >= 0.6 is 0 Å². The molecule has 190 valence electrons. The van der Waals surface area contributed by atoms with E-state index in [0.717, 1.165) is 43.0 Å². The Morgan fingerprint density at radius 3 is 2.49 bits per heavy atom. The Hall–Kier alpha value is -2.31. The zero-order valence-electron chi connectivity index (χ0n) is 21.4. The van der Waals surface area contributed by atoms with Gasteiger partial charge in [-0.2, -0.15) is 4.98 Å². The van der Waals surface area contributed by atoms with E-state index in [-0.39, 0.29) is 18.2 Å². The molecule has 2 aromatic heterocycles. The van der Waals surface area contributed by atoms with Gasteiger partial charge in [-0.15, -0.1) is 5.10 Å². The van der Waals surface area contributed by atoms with Gasteiger partial charge in [0.15, 0.2) is 11.6 Å². The molecule has 35 heavy (non-hydrogen) atoms. The first-order chi connectivity index (χ1) is 16.9. The number of hydrogen-bond donors (Lipinski definition) is 0. The summed E-state index contributed by atoms with van der Waals surface area (Å²) < 4.78 is 7.96. The van der Waals surface area contributed by atoms with Gasteiger partial charge in [0.1, 0.15) is 11.5 Å². The van der Waals surface area contributed by atoms with E-state index in [1.54, 1.807) is 4.52 Å². The molecule has 7 nitrogen and oxygen atoms in total. The van der Waals surface area contributed by atoms with E-state index in [1.165, 1.54) is 57.8 Å². The summed E-state index contributed by atoms with van der Waals surface area (Å²) in [5, 5.41) is 4.52. The molecule has 2 aliphatic carbocycles. The lowest BCUT2D eigenvalue weighted by Gasteiger charge is -2.43. The fourth-order valence-electron chi connectivity index (χ4n) is 6.89. The van der Waals surface area contributed by atoms with Crippen molar-refractivity contribution in [1.29, 1.82) is 0 Å². The number of fused-ring (bicyclic) bond motifs is 1. The Bertz CT molecular complexity index is 1050. The zero-order valence-corrected chi connectivity index (χ0v) is 21.4. The van der Waals surface area contributed by atoms with Gasteiger partial charge in [0.2, 0.25) is 0 Å². The molecule has 0 aromatic carbocycles. The Morgan fingerprint density at radius 1 is 1.00 bits per heavy atom. The number of aromatic nitrogens is 4. The molecule has 2 atom stereocenters. The number of nitrogens with zero attached hydrogens (tertiary/aromatic N) is 4. The van der Waals surface area contributed by atoms with Crippen LogP contribution in [0.3, 0.4) is 0 Å². The number of unbranched alkanes of at least 4 members (excludes halogenated alkanes) is 1. The van der Waals surface area contributed by atoms with Crippen LogP contribution in [0.15, 0.2) is 6.07 Å². The molecular formula is C28H40N4O3. The highest BCUT2D eigenvalue weighted by Crippen LogP contribution is 2.45. The second-order valence-corrected chi connectivity index (χ2v) is 11.4. The van der Waals surface area contributed by atoms with E-state index < -0.39 is 11.5 Å². The van der Waals surface area contributed by atoms with Crippen LogP contribution in [0.4, 0.5) is 0 Å². The molecule has 2 saturated carbocycles. The van der Waals surface area contributed by atoms with Gasteiger partial charge in [0, 0.05) is 24.2 Å².